The number of hydrogen-bond acceptors (Lipinski definition) is 5. The monoisotopic (exact) mass is 303 g/mol. The van der Waals surface area contributed by atoms with E-state index in [1.807, 2.05) is 0 Å². The smallest absolute Gasteiger partial charge is 0.243 e. The number of Topliss-reactive ketones (excluding diaryl/α,β-unsaturated/α-hetero) is 1. The van der Waals surface area contributed by atoms with Gasteiger partial charge < -0.3 is 4.52 Å². The Balaban J connectivity index is 2.43. The molecule has 96 valence electrons. The molecule has 0 amide bonds. The lowest BCUT2D eigenvalue weighted by atomic mass is 10.2. The van der Waals surface area contributed by atoms with Crippen LogP contribution in [0.25, 0.3) is 0 Å². The molecule has 1 aromatic rings. The van der Waals surface area contributed by atoms with Gasteiger partial charge in [-0.3, -0.25) is 9.10 Å². The molecule has 0 radical (unpaired) electrons. The lowest BCUT2D eigenvalue weighted by molar-refractivity contribution is 0.102. The van der Waals surface area contributed by atoms with Crippen molar-refractivity contribution < 1.29 is 17.7 Å². The van der Waals surface area contributed by atoms with Gasteiger partial charge in [0.05, 0.1) is 10.4 Å². The van der Waals surface area contributed by atoms with E-state index in [9.17, 15) is 13.2 Å². The summed E-state index contributed by atoms with van der Waals surface area (Å²) < 4.78 is 29.2. The van der Waals surface area contributed by atoms with Gasteiger partial charge in [-0.1, -0.05) is 11.8 Å². The minimum Gasteiger partial charge on any atom is -0.353 e. The molecule has 1 atom stereocenters. The zero-order chi connectivity index (χ0) is 13.3. The SMILES string of the molecule is CN1c2sc(C#CCOP)cc2C(=O)CS1(=O)=O. The van der Waals surface area contributed by atoms with Crippen LogP contribution in [0.1, 0.15) is 15.2 Å². The van der Waals surface area contributed by atoms with E-state index in [1.54, 1.807) is 6.07 Å². The van der Waals surface area contributed by atoms with Gasteiger partial charge in [-0.05, 0) is 6.07 Å². The summed E-state index contributed by atoms with van der Waals surface area (Å²) in [7, 11) is 0.0146. The van der Waals surface area contributed by atoms with Crippen LogP contribution in [0.15, 0.2) is 6.07 Å². The Kier molecular flexibility index (Phi) is 3.74. The molecule has 1 aromatic heterocycles. The lowest BCUT2D eigenvalue weighted by Gasteiger charge is -2.22. The largest absolute Gasteiger partial charge is 0.353 e. The van der Waals surface area contributed by atoms with Crippen molar-refractivity contribution >= 4 is 41.6 Å². The molecule has 18 heavy (non-hydrogen) atoms. The third-order valence-electron chi connectivity index (χ3n) is 2.40. The van der Waals surface area contributed by atoms with Gasteiger partial charge in [0.25, 0.3) is 0 Å². The average molecular weight is 303 g/mol. The highest BCUT2D eigenvalue weighted by Crippen LogP contribution is 2.36. The van der Waals surface area contributed by atoms with Crippen LogP contribution in [0.2, 0.25) is 0 Å². The predicted molar refractivity (Wildman–Crippen MR) is 73.4 cm³/mol. The van der Waals surface area contributed by atoms with Crippen molar-refractivity contribution in [2.45, 2.75) is 0 Å². The van der Waals surface area contributed by atoms with E-state index in [0.717, 1.165) is 4.31 Å². The summed E-state index contributed by atoms with van der Waals surface area (Å²) in [5.74, 6) is 4.72. The summed E-state index contributed by atoms with van der Waals surface area (Å²) in [6, 6.07) is 1.63. The van der Waals surface area contributed by atoms with Gasteiger partial charge in [-0.15, -0.1) is 11.3 Å². The number of nitrogens with zero attached hydrogens (tertiary/aromatic N) is 1. The summed E-state index contributed by atoms with van der Waals surface area (Å²) >= 11 is 1.19. The van der Waals surface area contributed by atoms with Crippen LogP contribution in [-0.2, 0) is 14.5 Å². The Morgan fingerprint density at radius 2 is 2.33 bits per heavy atom. The molecule has 0 bridgehead atoms. The lowest BCUT2D eigenvalue weighted by Crippen LogP contribution is -2.36. The van der Waals surface area contributed by atoms with Crippen molar-refractivity contribution in [3.63, 3.8) is 0 Å². The average Bonchev–Trinajstić information content (AvgIpc) is 2.71. The Hall–Kier alpha value is -0.930. The first kappa shape index (κ1) is 13.5. The molecular formula is C10H10NO4PS2. The summed E-state index contributed by atoms with van der Waals surface area (Å²) in [5, 5.41) is 0.433. The molecule has 0 saturated heterocycles. The molecule has 0 N–H and O–H groups in total. The molecule has 0 aromatic carbocycles. The molecule has 0 fully saturated rings. The summed E-state index contributed by atoms with van der Waals surface area (Å²) in [6.45, 7) is 0.259. The molecule has 0 spiro atoms. The van der Waals surface area contributed by atoms with E-state index in [1.165, 1.54) is 18.4 Å². The predicted octanol–water partition coefficient (Wildman–Crippen LogP) is 0.869. The van der Waals surface area contributed by atoms with Crippen molar-refractivity contribution in [2.24, 2.45) is 0 Å². The highest BCUT2D eigenvalue weighted by Gasteiger charge is 2.34. The molecular weight excluding hydrogens is 293 g/mol. The van der Waals surface area contributed by atoms with E-state index in [-0.39, 0.29) is 12.4 Å². The van der Waals surface area contributed by atoms with E-state index in [2.05, 4.69) is 21.3 Å². The maximum Gasteiger partial charge on any atom is 0.243 e. The Labute approximate surface area is 111 Å². The molecule has 0 saturated carbocycles. The topological polar surface area (TPSA) is 63.7 Å². The van der Waals surface area contributed by atoms with Gasteiger partial charge >= 0.3 is 0 Å². The third kappa shape index (κ3) is 2.43. The van der Waals surface area contributed by atoms with Gasteiger partial charge in [-0.25, -0.2) is 8.42 Å². The second-order valence-electron chi connectivity index (χ2n) is 3.59. The normalized spacial score (nSPS) is 17.0. The van der Waals surface area contributed by atoms with E-state index in [0.29, 0.717) is 15.4 Å². The van der Waals surface area contributed by atoms with Gasteiger partial charge in [0.15, 0.2) is 5.78 Å². The number of ketones is 1. The standard InChI is InChI=1S/C10H10NO4PS2/c1-11-10-8(9(12)6-18(11,13)14)5-7(17-10)3-2-4-15-16/h5H,4,6,16H2,1H3. The highest BCUT2D eigenvalue weighted by molar-refractivity contribution is 7.93. The number of fused-ring (bicyclic) bond motifs is 1. The molecule has 5 nitrogen and oxygen atoms in total. The van der Waals surface area contributed by atoms with Crippen LogP contribution in [0.3, 0.4) is 0 Å². The highest BCUT2D eigenvalue weighted by atomic mass is 32.2. The van der Waals surface area contributed by atoms with E-state index >= 15 is 0 Å². The zero-order valence-electron chi connectivity index (χ0n) is 9.47. The van der Waals surface area contributed by atoms with Crippen molar-refractivity contribution in [3.05, 3.63) is 16.5 Å². The third-order valence-corrected chi connectivity index (χ3v) is 5.45. The first-order valence-electron chi connectivity index (χ1n) is 4.90. The fraction of sp³-hybridized carbons (Fsp3) is 0.300. The summed E-state index contributed by atoms with van der Waals surface area (Å²) in [5.41, 5.74) is 0.424. The van der Waals surface area contributed by atoms with E-state index < -0.39 is 15.8 Å². The van der Waals surface area contributed by atoms with Crippen LogP contribution in [0.5, 0.6) is 0 Å². The first-order valence-corrected chi connectivity index (χ1v) is 7.79. The minimum absolute atomic E-state index is 0.259. The molecule has 8 heteroatoms. The number of carbonyl (C=O) groups is 1. The van der Waals surface area contributed by atoms with Crippen LogP contribution < -0.4 is 4.31 Å². The minimum atomic E-state index is -3.52. The van der Waals surface area contributed by atoms with E-state index in [4.69, 9.17) is 4.52 Å². The van der Waals surface area contributed by atoms with Gasteiger partial charge in [0, 0.05) is 16.5 Å². The Morgan fingerprint density at radius 1 is 1.61 bits per heavy atom. The Morgan fingerprint density at radius 3 is 3.00 bits per heavy atom. The number of thiophene rings is 1. The summed E-state index contributed by atoms with van der Waals surface area (Å²) in [6.07, 6.45) is 0. The second-order valence-corrected chi connectivity index (χ2v) is 6.95. The van der Waals surface area contributed by atoms with Gasteiger partial charge in [0.1, 0.15) is 17.4 Å². The van der Waals surface area contributed by atoms with Crippen LogP contribution >= 0.6 is 20.8 Å². The number of rotatable bonds is 1. The Bertz CT molecular complexity index is 653. The molecule has 1 aliphatic heterocycles. The fourth-order valence-corrected chi connectivity index (χ4v) is 3.99. The summed E-state index contributed by atoms with van der Waals surface area (Å²) in [4.78, 5) is 12.4. The van der Waals surface area contributed by atoms with Crippen LogP contribution in [0.4, 0.5) is 5.00 Å². The second kappa shape index (κ2) is 4.98. The maximum absolute atomic E-state index is 11.7. The molecule has 1 unspecified atom stereocenters. The van der Waals surface area contributed by atoms with Crippen molar-refractivity contribution in [1.82, 2.24) is 0 Å². The van der Waals surface area contributed by atoms with Crippen molar-refractivity contribution in [1.29, 1.82) is 0 Å². The number of anilines is 1. The number of carbonyl (C=O) groups excluding carboxylic acids is 1. The number of hydrogen-bond donors (Lipinski definition) is 0. The van der Waals surface area contributed by atoms with Crippen molar-refractivity contribution in [3.8, 4) is 11.8 Å². The molecule has 2 heterocycles. The maximum atomic E-state index is 11.7. The molecule has 2 rings (SSSR count). The molecule has 1 aliphatic rings. The van der Waals surface area contributed by atoms with Crippen molar-refractivity contribution in [2.75, 3.05) is 23.7 Å². The van der Waals surface area contributed by atoms with Gasteiger partial charge in [0.2, 0.25) is 10.0 Å². The van der Waals surface area contributed by atoms with Crippen LogP contribution in [-0.4, -0.2) is 33.6 Å². The number of sulfonamides is 1. The zero-order valence-corrected chi connectivity index (χ0v) is 12.3. The fourth-order valence-electron chi connectivity index (χ4n) is 1.51. The quantitative estimate of drug-likeness (QED) is 0.570. The van der Waals surface area contributed by atoms with Gasteiger partial charge in [-0.2, -0.15) is 0 Å². The molecule has 0 aliphatic carbocycles. The van der Waals surface area contributed by atoms with Crippen LogP contribution in [0, 0.1) is 11.8 Å². The first-order chi connectivity index (χ1) is 8.45.